The summed E-state index contributed by atoms with van der Waals surface area (Å²) >= 11 is 1.57. The number of nitrogen functional groups attached to an aromatic ring is 1. The van der Waals surface area contributed by atoms with Crippen LogP contribution in [0.4, 0.5) is 5.82 Å². The molecule has 0 aliphatic heterocycles. The quantitative estimate of drug-likeness (QED) is 0.713. The van der Waals surface area contributed by atoms with Gasteiger partial charge in [0.1, 0.15) is 5.82 Å². The predicted molar refractivity (Wildman–Crippen MR) is 72.4 cm³/mol. The fourth-order valence-corrected chi connectivity index (χ4v) is 2.79. The van der Waals surface area contributed by atoms with Crippen LogP contribution in [0.3, 0.4) is 0 Å². The number of aromatic nitrogens is 2. The Kier molecular flexibility index (Phi) is 2.19. The molecule has 0 saturated carbocycles. The molecule has 3 rings (SSSR count). The van der Waals surface area contributed by atoms with E-state index in [1.54, 1.807) is 11.3 Å². The highest BCUT2D eigenvalue weighted by Crippen LogP contribution is 2.27. The van der Waals surface area contributed by atoms with Gasteiger partial charge in [0.05, 0.1) is 5.69 Å². The summed E-state index contributed by atoms with van der Waals surface area (Å²) in [6.07, 6.45) is 2.00. The van der Waals surface area contributed by atoms with Gasteiger partial charge >= 0.3 is 0 Å². The molecule has 0 fully saturated rings. The minimum atomic E-state index is 0.744. The number of nitrogens with two attached hydrogens (primary N) is 1. The highest BCUT2D eigenvalue weighted by atomic mass is 32.1. The van der Waals surface area contributed by atoms with E-state index in [0.29, 0.717) is 0 Å². The van der Waals surface area contributed by atoms with Crippen molar-refractivity contribution < 1.29 is 0 Å². The topological polar surface area (TPSA) is 43.3 Å². The molecule has 0 amide bonds. The van der Waals surface area contributed by atoms with E-state index in [2.05, 4.69) is 37.0 Å². The number of hydrogen-bond acceptors (Lipinski definition) is 3. The molecule has 2 aromatic heterocycles. The summed E-state index contributed by atoms with van der Waals surface area (Å²) in [4.78, 5) is 5.54. The second kappa shape index (κ2) is 3.60. The number of imidazole rings is 1. The van der Waals surface area contributed by atoms with E-state index in [1.807, 2.05) is 16.0 Å². The first kappa shape index (κ1) is 10.4. The van der Waals surface area contributed by atoms with Crippen molar-refractivity contribution in [1.29, 1.82) is 0 Å². The molecule has 1 aromatic carbocycles. The molecule has 0 saturated heterocycles. The van der Waals surface area contributed by atoms with Crippen molar-refractivity contribution in [1.82, 2.24) is 9.38 Å². The second-order valence-corrected chi connectivity index (χ2v) is 5.09. The van der Waals surface area contributed by atoms with Crippen LogP contribution in [0.1, 0.15) is 11.1 Å². The van der Waals surface area contributed by atoms with E-state index in [1.165, 1.54) is 16.7 Å². The van der Waals surface area contributed by atoms with Gasteiger partial charge in [-0.05, 0) is 19.4 Å². The molecule has 0 aliphatic rings. The highest BCUT2D eigenvalue weighted by molar-refractivity contribution is 7.15. The average molecular weight is 243 g/mol. The van der Waals surface area contributed by atoms with Gasteiger partial charge < -0.3 is 5.73 Å². The molecule has 86 valence electrons. The van der Waals surface area contributed by atoms with Crippen LogP contribution in [0.5, 0.6) is 0 Å². The lowest BCUT2D eigenvalue weighted by atomic mass is 10.0. The molecule has 0 radical (unpaired) electrons. The van der Waals surface area contributed by atoms with Crippen molar-refractivity contribution in [3.63, 3.8) is 0 Å². The van der Waals surface area contributed by atoms with Gasteiger partial charge in [-0.1, -0.05) is 23.8 Å². The molecule has 2 N–H and O–H groups in total. The Morgan fingerprint density at radius 1 is 1.29 bits per heavy atom. The van der Waals surface area contributed by atoms with Gasteiger partial charge in [0.25, 0.3) is 0 Å². The average Bonchev–Trinajstić information content (AvgIpc) is 2.81. The maximum absolute atomic E-state index is 5.86. The Hall–Kier alpha value is -1.81. The Balaban J connectivity index is 2.20. The zero-order valence-electron chi connectivity index (χ0n) is 9.77. The van der Waals surface area contributed by atoms with Crippen molar-refractivity contribution in [2.24, 2.45) is 0 Å². The summed E-state index contributed by atoms with van der Waals surface area (Å²) in [5.41, 5.74) is 10.5. The zero-order chi connectivity index (χ0) is 12.0. The minimum Gasteiger partial charge on any atom is -0.384 e. The van der Waals surface area contributed by atoms with Crippen LogP contribution in [0.2, 0.25) is 0 Å². The Bertz CT molecular complexity index is 694. The smallest absolute Gasteiger partial charge is 0.195 e. The number of anilines is 1. The summed E-state index contributed by atoms with van der Waals surface area (Å²) in [7, 11) is 0. The molecule has 0 unspecified atom stereocenters. The van der Waals surface area contributed by atoms with Crippen LogP contribution in [0, 0.1) is 13.8 Å². The number of benzene rings is 1. The summed E-state index contributed by atoms with van der Waals surface area (Å²) in [6, 6.07) is 6.40. The molecule has 3 aromatic rings. The van der Waals surface area contributed by atoms with Crippen molar-refractivity contribution in [3.8, 4) is 11.3 Å². The molecule has 17 heavy (non-hydrogen) atoms. The van der Waals surface area contributed by atoms with Gasteiger partial charge in [-0.25, -0.2) is 4.98 Å². The minimum absolute atomic E-state index is 0.744. The number of nitrogens with zero attached hydrogens (tertiary/aromatic N) is 2. The molecule has 0 atom stereocenters. The number of fused-ring (bicyclic) bond motifs is 1. The number of aryl methyl sites for hydroxylation is 2. The van der Waals surface area contributed by atoms with Crippen LogP contribution >= 0.6 is 11.3 Å². The first-order valence-electron chi connectivity index (χ1n) is 5.45. The van der Waals surface area contributed by atoms with Gasteiger partial charge in [0.15, 0.2) is 4.96 Å². The lowest BCUT2D eigenvalue weighted by Gasteiger charge is -2.03. The lowest BCUT2D eigenvalue weighted by Crippen LogP contribution is -1.88. The fraction of sp³-hybridized carbons (Fsp3) is 0.154. The van der Waals surface area contributed by atoms with E-state index in [0.717, 1.165) is 16.5 Å². The van der Waals surface area contributed by atoms with Crippen molar-refractivity contribution in [2.45, 2.75) is 13.8 Å². The van der Waals surface area contributed by atoms with E-state index in [9.17, 15) is 0 Å². The Labute approximate surface area is 104 Å². The van der Waals surface area contributed by atoms with E-state index >= 15 is 0 Å². The van der Waals surface area contributed by atoms with Crippen molar-refractivity contribution >= 4 is 22.1 Å². The number of thiazole rings is 1. The molecule has 4 heteroatoms. The van der Waals surface area contributed by atoms with E-state index in [-0.39, 0.29) is 0 Å². The molecule has 0 spiro atoms. The van der Waals surface area contributed by atoms with Crippen LogP contribution < -0.4 is 5.73 Å². The van der Waals surface area contributed by atoms with Gasteiger partial charge in [-0.15, -0.1) is 11.3 Å². The molecule has 2 heterocycles. The molecular formula is C13H13N3S. The Morgan fingerprint density at radius 2 is 2.12 bits per heavy atom. The lowest BCUT2D eigenvalue weighted by molar-refractivity contribution is 1.24. The van der Waals surface area contributed by atoms with Crippen LogP contribution in [0.25, 0.3) is 16.2 Å². The van der Waals surface area contributed by atoms with Crippen LogP contribution in [-0.4, -0.2) is 9.38 Å². The summed E-state index contributed by atoms with van der Waals surface area (Å²) in [5.74, 6) is 0.744. The maximum atomic E-state index is 5.86. The first-order chi connectivity index (χ1) is 8.15. The van der Waals surface area contributed by atoms with Gasteiger partial charge in [-0.3, -0.25) is 4.40 Å². The van der Waals surface area contributed by atoms with Crippen molar-refractivity contribution in [2.75, 3.05) is 5.73 Å². The highest BCUT2D eigenvalue weighted by Gasteiger charge is 2.09. The Morgan fingerprint density at radius 3 is 2.82 bits per heavy atom. The predicted octanol–water partition coefficient (Wildman–Crippen LogP) is 3.26. The molecule has 0 aliphatic carbocycles. The SMILES string of the molecule is Cc1ccc(-c2cn3c(N)csc3n2)c(C)c1. The number of rotatable bonds is 1. The third-order valence-corrected chi connectivity index (χ3v) is 3.75. The summed E-state index contributed by atoms with van der Waals surface area (Å²) in [6.45, 7) is 4.21. The van der Waals surface area contributed by atoms with Crippen LogP contribution in [-0.2, 0) is 0 Å². The second-order valence-electron chi connectivity index (χ2n) is 4.26. The standard InChI is InChI=1S/C13H13N3S/c1-8-3-4-10(9(2)5-8)11-6-16-12(14)7-17-13(16)15-11/h3-7H,14H2,1-2H3. The zero-order valence-corrected chi connectivity index (χ0v) is 10.6. The summed E-state index contributed by atoms with van der Waals surface area (Å²) in [5, 5.41) is 1.91. The van der Waals surface area contributed by atoms with Gasteiger partial charge in [0, 0.05) is 17.1 Å². The van der Waals surface area contributed by atoms with Crippen molar-refractivity contribution in [3.05, 3.63) is 40.9 Å². The third-order valence-electron chi connectivity index (χ3n) is 2.89. The monoisotopic (exact) mass is 243 g/mol. The molecular weight excluding hydrogens is 230 g/mol. The maximum Gasteiger partial charge on any atom is 0.195 e. The van der Waals surface area contributed by atoms with Gasteiger partial charge in [-0.2, -0.15) is 0 Å². The molecule has 0 bridgehead atoms. The fourth-order valence-electron chi connectivity index (χ4n) is 2.03. The van der Waals surface area contributed by atoms with E-state index < -0.39 is 0 Å². The normalized spacial score (nSPS) is 11.2. The first-order valence-corrected chi connectivity index (χ1v) is 6.33. The third kappa shape index (κ3) is 1.61. The van der Waals surface area contributed by atoms with Crippen LogP contribution in [0.15, 0.2) is 29.8 Å². The number of hydrogen-bond donors (Lipinski definition) is 1. The largest absolute Gasteiger partial charge is 0.384 e. The summed E-state index contributed by atoms with van der Waals surface area (Å²) < 4.78 is 1.93. The molecule has 3 nitrogen and oxygen atoms in total. The van der Waals surface area contributed by atoms with E-state index in [4.69, 9.17) is 5.73 Å². The van der Waals surface area contributed by atoms with Gasteiger partial charge in [0.2, 0.25) is 0 Å².